The van der Waals surface area contributed by atoms with E-state index >= 15 is 0 Å². The number of carbonyl (C=O) groups excluding carboxylic acids is 2. The fourth-order valence-electron chi connectivity index (χ4n) is 4.09. The van der Waals surface area contributed by atoms with Crippen LogP contribution in [0.25, 0.3) is 0 Å². The van der Waals surface area contributed by atoms with Crippen LogP contribution in [-0.4, -0.2) is 43.8 Å². The van der Waals surface area contributed by atoms with E-state index < -0.39 is 28.5 Å². The Morgan fingerprint density at radius 1 is 0.850 bits per heavy atom. The molecule has 0 aliphatic carbocycles. The predicted octanol–water partition coefficient (Wildman–Crippen LogP) is 6.56. The summed E-state index contributed by atoms with van der Waals surface area (Å²) in [6.45, 7) is 4.97. The van der Waals surface area contributed by atoms with Crippen LogP contribution in [0.15, 0.2) is 77.7 Å². The molecule has 0 aliphatic rings. The Morgan fingerprint density at radius 3 is 2.10 bits per heavy atom. The monoisotopic (exact) mass is 623 g/mol. The van der Waals surface area contributed by atoms with Gasteiger partial charge in [-0.3, -0.25) is 13.9 Å². The van der Waals surface area contributed by atoms with Gasteiger partial charge in [-0.05, 0) is 55.7 Å². The first-order chi connectivity index (χ1) is 19.0. The standard InChI is InChI=1S/C29H32Cl3N3O4S/c1-4-20(3)33-29(37)25(5-2)34(18-21-12-9-10-15-23(21)30)27(36)19-35(26-17-11-16-24(31)28(26)32)40(38,39)22-13-7-6-8-14-22/h6-17,20,25H,4-5,18-19H2,1-3H3,(H,33,37)/t20-,25+/m1/s1. The quantitative estimate of drug-likeness (QED) is 0.247. The van der Waals surface area contributed by atoms with Crippen molar-refractivity contribution in [2.24, 2.45) is 0 Å². The van der Waals surface area contributed by atoms with Crippen molar-refractivity contribution in [3.05, 3.63) is 93.4 Å². The van der Waals surface area contributed by atoms with E-state index in [-0.39, 0.29) is 39.1 Å². The molecule has 3 aromatic rings. The SMILES string of the molecule is CC[C@@H](C)NC(=O)[C@H](CC)N(Cc1ccccc1Cl)C(=O)CN(c1cccc(Cl)c1Cl)S(=O)(=O)c1ccccc1. The van der Waals surface area contributed by atoms with Crippen molar-refractivity contribution in [1.82, 2.24) is 10.2 Å². The van der Waals surface area contributed by atoms with Gasteiger partial charge in [0, 0.05) is 17.6 Å². The third-order valence-electron chi connectivity index (χ3n) is 6.50. The fourth-order valence-corrected chi connectivity index (χ4v) is 6.18. The minimum absolute atomic E-state index is 0.00651. The van der Waals surface area contributed by atoms with Crippen molar-refractivity contribution in [2.75, 3.05) is 10.8 Å². The van der Waals surface area contributed by atoms with Crippen LogP contribution in [0.2, 0.25) is 15.1 Å². The van der Waals surface area contributed by atoms with Crippen LogP contribution >= 0.6 is 34.8 Å². The molecular weight excluding hydrogens is 593 g/mol. The van der Waals surface area contributed by atoms with E-state index in [4.69, 9.17) is 34.8 Å². The van der Waals surface area contributed by atoms with Crippen molar-refractivity contribution < 1.29 is 18.0 Å². The Morgan fingerprint density at radius 2 is 1.48 bits per heavy atom. The maximum atomic E-state index is 14.1. The predicted molar refractivity (Wildman–Crippen MR) is 161 cm³/mol. The van der Waals surface area contributed by atoms with Crippen molar-refractivity contribution >= 4 is 62.3 Å². The molecule has 0 bridgehead atoms. The molecule has 214 valence electrons. The lowest BCUT2D eigenvalue weighted by molar-refractivity contribution is -0.140. The fraction of sp³-hybridized carbons (Fsp3) is 0.310. The van der Waals surface area contributed by atoms with Crippen LogP contribution in [0, 0.1) is 0 Å². The van der Waals surface area contributed by atoms with Gasteiger partial charge in [-0.25, -0.2) is 8.42 Å². The first-order valence-corrected chi connectivity index (χ1v) is 15.4. The highest BCUT2D eigenvalue weighted by Gasteiger charge is 2.35. The van der Waals surface area contributed by atoms with E-state index in [0.29, 0.717) is 23.4 Å². The number of hydrogen-bond acceptors (Lipinski definition) is 4. The van der Waals surface area contributed by atoms with E-state index in [1.165, 1.54) is 29.2 Å². The molecule has 0 saturated heterocycles. The Bertz CT molecular complexity index is 1440. The minimum Gasteiger partial charge on any atom is -0.352 e. The maximum absolute atomic E-state index is 14.1. The smallest absolute Gasteiger partial charge is 0.264 e. The molecule has 3 aromatic carbocycles. The lowest BCUT2D eigenvalue weighted by Gasteiger charge is -2.34. The third kappa shape index (κ3) is 7.49. The highest BCUT2D eigenvalue weighted by Crippen LogP contribution is 2.35. The first kappa shape index (κ1) is 31.7. The second-order valence-electron chi connectivity index (χ2n) is 9.25. The summed E-state index contributed by atoms with van der Waals surface area (Å²) < 4.78 is 28.7. The van der Waals surface area contributed by atoms with Gasteiger partial charge >= 0.3 is 0 Å². The molecule has 1 N–H and O–H groups in total. The van der Waals surface area contributed by atoms with Crippen LogP contribution in [0.4, 0.5) is 5.69 Å². The Kier molecular flexibility index (Phi) is 11.3. The number of carbonyl (C=O) groups is 2. The van der Waals surface area contributed by atoms with Crippen molar-refractivity contribution in [3.63, 3.8) is 0 Å². The number of nitrogens with zero attached hydrogens (tertiary/aromatic N) is 2. The van der Waals surface area contributed by atoms with E-state index in [1.54, 1.807) is 55.5 Å². The molecule has 2 amide bonds. The number of amides is 2. The molecule has 7 nitrogen and oxygen atoms in total. The normalized spacial score (nSPS) is 12.8. The molecule has 2 atom stereocenters. The van der Waals surface area contributed by atoms with Gasteiger partial charge in [0.25, 0.3) is 10.0 Å². The zero-order valence-corrected chi connectivity index (χ0v) is 25.6. The number of anilines is 1. The Labute approximate surface area is 251 Å². The molecular formula is C29H32Cl3N3O4S. The summed E-state index contributed by atoms with van der Waals surface area (Å²) in [7, 11) is -4.26. The summed E-state index contributed by atoms with van der Waals surface area (Å²) in [5.74, 6) is -0.947. The number of nitrogens with one attached hydrogen (secondary N) is 1. The van der Waals surface area contributed by atoms with E-state index in [2.05, 4.69) is 5.32 Å². The molecule has 0 aliphatic heterocycles. The van der Waals surface area contributed by atoms with Crippen LogP contribution in [0.5, 0.6) is 0 Å². The number of sulfonamides is 1. The summed E-state index contributed by atoms with van der Waals surface area (Å²) in [5, 5.41) is 3.47. The van der Waals surface area contributed by atoms with Gasteiger partial charge in [-0.1, -0.05) is 91.1 Å². The third-order valence-corrected chi connectivity index (χ3v) is 9.45. The van der Waals surface area contributed by atoms with Gasteiger partial charge in [0.05, 0.1) is 20.6 Å². The summed E-state index contributed by atoms with van der Waals surface area (Å²) in [5.41, 5.74) is 0.659. The molecule has 0 unspecified atom stereocenters. The summed E-state index contributed by atoms with van der Waals surface area (Å²) >= 11 is 19.1. The molecule has 40 heavy (non-hydrogen) atoms. The second-order valence-corrected chi connectivity index (χ2v) is 12.3. The largest absolute Gasteiger partial charge is 0.352 e. The average Bonchev–Trinajstić information content (AvgIpc) is 2.94. The molecule has 3 rings (SSSR count). The zero-order valence-electron chi connectivity index (χ0n) is 22.5. The molecule has 0 heterocycles. The van der Waals surface area contributed by atoms with Gasteiger partial charge in [0.1, 0.15) is 12.6 Å². The van der Waals surface area contributed by atoms with Gasteiger partial charge in [0.15, 0.2) is 0 Å². The Balaban J connectivity index is 2.10. The Hall–Kier alpha value is -2.78. The number of halogens is 3. The molecule has 0 radical (unpaired) electrons. The van der Waals surface area contributed by atoms with Crippen LogP contribution in [-0.2, 0) is 26.2 Å². The zero-order chi connectivity index (χ0) is 29.4. The van der Waals surface area contributed by atoms with Crippen LogP contribution in [0.3, 0.4) is 0 Å². The lowest BCUT2D eigenvalue weighted by Crippen LogP contribution is -2.53. The van der Waals surface area contributed by atoms with Crippen molar-refractivity contribution in [3.8, 4) is 0 Å². The maximum Gasteiger partial charge on any atom is 0.264 e. The van der Waals surface area contributed by atoms with Crippen molar-refractivity contribution in [2.45, 2.75) is 57.1 Å². The highest BCUT2D eigenvalue weighted by atomic mass is 35.5. The summed E-state index contributed by atoms with van der Waals surface area (Å²) in [6.07, 6.45) is 0.999. The van der Waals surface area contributed by atoms with Gasteiger partial charge in [0.2, 0.25) is 11.8 Å². The second kappa shape index (κ2) is 14.2. The number of hydrogen-bond donors (Lipinski definition) is 1. The highest BCUT2D eigenvalue weighted by molar-refractivity contribution is 7.92. The van der Waals surface area contributed by atoms with Gasteiger partial charge in [-0.15, -0.1) is 0 Å². The number of benzene rings is 3. The van der Waals surface area contributed by atoms with Crippen LogP contribution in [0.1, 0.15) is 39.2 Å². The van der Waals surface area contributed by atoms with E-state index in [1.807, 2.05) is 13.8 Å². The summed E-state index contributed by atoms with van der Waals surface area (Å²) in [6, 6.07) is 18.3. The minimum atomic E-state index is -4.26. The average molecular weight is 625 g/mol. The first-order valence-electron chi connectivity index (χ1n) is 12.9. The van der Waals surface area contributed by atoms with Crippen LogP contribution < -0.4 is 9.62 Å². The molecule has 0 saturated carbocycles. The number of rotatable bonds is 12. The molecule has 11 heteroatoms. The lowest BCUT2D eigenvalue weighted by atomic mass is 10.1. The molecule has 0 aromatic heterocycles. The topological polar surface area (TPSA) is 86.8 Å². The van der Waals surface area contributed by atoms with E-state index in [9.17, 15) is 18.0 Å². The van der Waals surface area contributed by atoms with Gasteiger partial charge in [-0.2, -0.15) is 0 Å². The van der Waals surface area contributed by atoms with Gasteiger partial charge < -0.3 is 10.2 Å². The van der Waals surface area contributed by atoms with E-state index in [0.717, 1.165) is 4.31 Å². The summed E-state index contributed by atoms with van der Waals surface area (Å²) in [4.78, 5) is 28.8. The molecule has 0 fully saturated rings. The van der Waals surface area contributed by atoms with Crippen molar-refractivity contribution in [1.29, 1.82) is 0 Å². The molecule has 0 spiro atoms.